The highest BCUT2D eigenvalue weighted by Gasteiger charge is 2.24. The van der Waals surface area contributed by atoms with Crippen LogP contribution in [0.3, 0.4) is 0 Å². The van der Waals surface area contributed by atoms with Crippen molar-refractivity contribution >= 4 is 5.65 Å². The summed E-state index contributed by atoms with van der Waals surface area (Å²) in [6.07, 6.45) is 6.47. The average molecular weight is 245 g/mol. The van der Waals surface area contributed by atoms with Gasteiger partial charge in [-0.2, -0.15) is 0 Å². The first-order chi connectivity index (χ1) is 8.76. The maximum absolute atomic E-state index is 9.32. The normalized spacial score (nSPS) is 20.9. The van der Waals surface area contributed by atoms with E-state index in [-0.39, 0.29) is 6.61 Å². The summed E-state index contributed by atoms with van der Waals surface area (Å²) in [5, 5.41) is 9.32. The highest BCUT2D eigenvalue weighted by molar-refractivity contribution is 5.41. The van der Waals surface area contributed by atoms with Crippen LogP contribution in [0.4, 0.5) is 0 Å². The Morgan fingerprint density at radius 3 is 3.11 bits per heavy atom. The molecule has 0 aromatic carbocycles. The lowest BCUT2D eigenvalue weighted by Crippen LogP contribution is -2.31. The molecular formula is C14H19N3O. The van der Waals surface area contributed by atoms with Crippen LogP contribution in [-0.4, -0.2) is 38.6 Å². The number of hydrogen-bond acceptors (Lipinski definition) is 3. The number of aromatic nitrogens is 2. The van der Waals surface area contributed by atoms with E-state index in [1.807, 2.05) is 6.07 Å². The third-order valence-electron chi connectivity index (χ3n) is 3.72. The van der Waals surface area contributed by atoms with Crippen molar-refractivity contribution in [3.05, 3.63) is 35.8 Å². The van der Waals surface area contributed by atoms with E-state index >= 15 is 0 Å². The zero-order chi connectivity index (χ0) is 12.5. The second-order valence-corrected chi connectivity index (χ2v) is 5.15. The van der Waals surface area contributed by atoms with Gasteiger partial charge in [0.25, 0.3) is 0 Å². The second-order valence-electron chi connectivity index (χ2n) is 5.15. The molecule has 1 saturated heterocycles. The molecule has 1 fully saturated rings. The molecular weight excluding hydrogens is 226 g/mol. The molecule has 1 N–H and O–H groups in total. The van der Waals surface area contributed by atoms with Crippen molar-refractivity contribution in [2.45, 2.75) is 32.4 Å². The van der Waals surface area contributed by atoms with Gasteiger partial charge in [-0.3, -0.25) is 4.90 Å². The van der Waals surface area contributed by atoms with Gasteiger partial charge in [0, 0.05) is 25.0 Å². The molecule has 1 aliphatic rings. The Morgan fingerprint density at radius 2 is 2.28 bits per heavy atom. The molecule has 4 nitrogen and oxygen atoms in total. The molecule has 1 unspecified atom stereocenters. The predicted octanol–water partition coefficient (Wildman–Crippen LogP) is 1.60. The van der Waals surface area contributed by atoms with E-state index in [2.05, 4.69) is 39.7 Å². The fourth-order valence-corrected chi connectivity index (χ4v) is 2.75. The second kappa shape index (κ2) is 4.71. The maximum Gasteiger partial charge on any atom is 0.137 e. The van der Waals surface area contributed by atoms with Gasteiger partial charge in [0.15, 0.2) is 0 Å². The van der Waals surface area contributed by atoms with E-state index in [1.165, 1.54) is 12.0 Å². The average Bonchev–Trinajstić information content (AvgIpc) is 2.94. The van der Waals surface area contributed by atoms with Crippen LogP contribution in [0.2, 0.25) is 0 Å². The largest absolute Gasteiger partial charge is 0.395 e. The number of nitrogens with zero attached hydrogens (tertiary/aromatic N) is 3. The first-order valence-electron chi connectivity index (χ1n) is 6.55. The smallest absolute Gasteiger partial charge is 0.137 e. The summed E-state index contributed by atoms with van der Waals surface area (Å²) in [5.41, 5.74) is 3.32. The fourth-order valence-electron chi connectivity index (χ4n) is 2.75. The standard InChI is InChI=1S/C14H19N3O/c1-11-4-5-14-15-12(9-17(14)7-11)8-16-6-2-3-13(16)10-18/h4-5,7,9,13,18H,2-3,6,8,10H2,1H3. The van der Waals surface area contributed by atoms with Crippen LogP contribution in [0.25, 0.3) is 5.65 Å². The highest BCUT2D eigenvalue weighted by atomic mass is 16.3. The van der Waals surface area contributed by atoms with Gasteiger partial charge >= 0.3 is 0 Å². The van der Waals surface area contributed by atoms with Crippen LogP contribution in [0, 0.1) is 6.92 Å². The van der Waals surface area contributed by atoms with E-state index in [9.17, 15) is 5.11 Å². The minimum atomic E-state index is 0.256. The first-order valence-corrected chi connectivity index (χ1v) is 6.55. The number of imidazole rings is 1. The number of pyridine rings is 1. The predicted molar refractivity (Wildman–Crippen MR) is 70.4 cm³/mol. The first kappa shape index (κ1) is 11.7. The third-order valence-corrected chi connectivity index (χ3v) is 3.72. The van der Waals surface area contributed by atoms with Gasteiger partial charge in [-0.05, 0) is 37.9 Å². The Bertz CT molecular complexity index is 549. The number of likely N-dealkylation sites (tertiary alicyclic amines) is 1. The van der Waals surface area contributed by atoms with Gasteiger partial charge in [-0.1, -0.05) is 6.07 Å². The number of hydrogen-bond donors (Lipinski definition) is 1. The van der Waals surface area contributed by atoms with Crippen LogP contribution >= 0.6 is 0 Å². The summed E-state index contributed by atoms with van der Waals surface area (Å²) in [7, 11) is 0. The summed E-state index contributed by atoms with van der Waals surface area (Å²) >= 11 is 0. The zero-order valence-corrected chi connectivity index (χ0v) is 10.7. The lowest BCUT2D eigenvalue weighted by molar-refractivity contribution is 0.152. The molecule has 4 heteroatoms. The summed E-state index contributed by atoms with van der Waals surface area (Å²) in [6, 6.07) is 4.45. The molecule has 18 heavy (non-hydrogen) atoms. The summed E-state index contributed by atoms with van der Waals surface area (Å²) < 4.78 is 2.08. The van der Waals surface area contributed by atoms with Gasteiger partial charge < -0.3 is 9.51 Å². The van der Waals surface area contributed by atoms with E-state index < -0.39 is 0 Å². The highest BCUT2D eigenvalue weighted by Crippen LogP contribution is 2.19. The van der Waals surface area contributed by atoms with Crippen molar-refractivity contribution in [3.63, 3.8) is 0 Å². The Labute approximate surface area is 107 Å². The summed E-state index contributed by atoms with van der Waals surface area (Å²) in [6.45, 7) is 4.25. The lowest BCUT2D eigenvalue weighted by Gasteiger charge is -2.21. The SMILES string of the molecule is Cc1ccc2nc(CN3CCCC3CO)cn2c1. The summed E-state index contributed by atoms with van der Waals surface area (Å²) in [5.74, 6) is 0. The Balaban J connectivity index is 1.82. The van der Waals surface area contributed by atoms with E-state index in [1.54, 1.807) is 0 Å². The Hall–Kier alpha value is -1.39. The molecule has 2 aromatic rings. The van der Waals surface area contributed by atoms with Crippen LogP contribution in [-0.2, 0) is 6.54 Å². The van der Waals surface area contributed by atoms with Gasteiger partial charge in [0.1, 0.15) is 5.65 Å². The molecule has 0 amide bonds. The monoisotopic (exact) mass is 245 g/mol. The van der Waals surface area contributed by atoms with Crippen molar-refractivity contribution < 1.29 is 5.11 Å². The molecule has 0 saturated carbocycles. The zero-order valence-electron chi connectivity index (χ0n) is 10.7. The van der Waals surface area contributed by atoms with Crippen molar-refractivity contribution in [2.24, 2.45) is 0 Å². The third kappa shape index (κ3) is 2.13. The number of rotatable bonds is 3. The minimum absolute atomic E-state index is 0.256. The molecule has 2 aromatic heterocycles. The van der Waals surface area contributed by atoms with Crippen LogP contribution in [0.5, 0.6) is 0 Å². The molecule has 3 heterocycles. The molecule has 0 aliphatic carbocycles. The number of aliphatic hydroxyl groups is 1. The quantitative estimate of drug-likeness (QED) is 0.893. The molecule has 0 radical (unpaired) electrons. The van der Waals surface area contributed by atoms with E-state index in [0.29, 0.717) is 6.04 Å². The van der Waals surface area contributed by atoms with Gasteiger partial charge in [0.05, 0.1) is 12.3 Å². The van der Waals surface area contributed by atoms with Crippen molar-refractivity contribution in [1.29, 1.82) is 0 Å². The lowest BCUT2D eigenvalue weighted by atomic mass is 10.2. The molecule has 0 spiro atoms. The van der Waals surface area contributed by atoms with Crippen molar-refractivity contribution in [3.8, 4) is 0 Å². The molecule has 0 bridgehead atoms. The topological polar surface area (TPSA) is 40.8 Å². The van der Waals surface area contributed by atoms with Crippen molar-refractivity contribution in [1.82, 2.24) is 14.3 Å². The van der Waals surface area contributed by atoms with Crippen LogP contribution in [0.15, 0.2) is 24.5 Å². The number of aryl methyl sites for hydroxylation is 1. The van der Waals surface area contributed by atoms with E-state index in [4.69, 9.17) is 0 Å². The van der Waals surface area contributed by atoms with Gasteiger partial charge in [-0.25, -0.2) is 4.98 Å². The number of fused-ring (bicyclic) bond motifs is 1. The van der Waals surface area contributed by atoms with Crippen LogP contribution in [0.1, 0.15) is 24.1 Å². The maximum atomic E-state index is 9.32. The molecule has 1 aliphatic heterocycles. The molecule has 3 rings (SSSR count). The molecule has 96 valence electrons. The van der Waals surface area contributed by atoms with Crippen molar-refractivity contribution in [2.75, 3.05) is 13.2 Å². The minimum Gasteiger partial charge on any atom is -0.395 e. The number of aliphatic hydroxyl groups excluding tert-OH is 1. The fraction of sp³-hybridized carbons (Fsp3) is 0.500. The Kier molecular flexibility index (Phi) is 3.06. The summed E-state index contributed by atoms with van der Waals surface area (Å²) in [4.78, 5) is 6.95. The molecule has 1 atom stereocenters. The van der Waals surface area contributed by atoms with Gasteiger partial charge in [-0.15, -0.1) is 0 Å². The van der Waals surface area contributed by atoms with Crippen LogP contribution < -0.4 is 0 Å². The van der Waals surface area contributed by atoms with Gasteiger partial charge in [0.2, 0.25) is 0 Å². The Morgan fingerprint density at radius 1 is 1.39 bits per heavy atom. The van der Waals surface area contributed by atoms with E-state index in [0.717, 1.165) is 30.9 Å².